The van der Waals surface area contributed by atoms with Gasteiger partial charge in [0, 0.05) is 24.2 Å². The van der Waals surface area contributed by atoms with E-state index in [-0.39, 0.29) is 11.8 Å². The molecule has 0 radical (unpaired) electrons. The van der Waals surface area contributed by atoms with E-state index in [1.807, 2.05) is 24.3 Å². The number of amides is 1. The van der Waals surface area contributed by atoms with E-state index in [0.29, 0.717) is 30.6 Å². The second-order valence-electron chi connectivity index (χ2n) is 4.65. The number of nitrogens with two attached hydrogens (primary N) is 1. The van der Waals surface area contributed by atoms with Crippen LogP contribution in [0.15, 0.2) is 24.3 Å². The van der Waals surface area contributed by atoms with Crippen LogP contribution in [-0.2, 0) is 4.79 Å². The number of alkyl halides is 1. The molecule has 1 aliphatic heterocycles. The summed E-state index contributed by atoms with van der Waals surface area (Å²) >= 11 is 5.81. The number of aromatic nitrogens is 2. The summed E-state index contributed by atoms with van der Waals surface area (Å²) in [7, 11) is 0. The van der Waals surface area contributed by atoms with Crippen LogP contribution in [0.5, 0.6) is 0 Å². The van der Waals surface area contributed by atoms with Crippen molar-refractivity contribution in [3.63, 3.8) is 0 Å². The van der Waals surface area contributed by atoms with Crippen LogP contribution in [0.4, 0.5) is 11.8 Å². The first kappa shape index (κ1) is 12.2. The largest absolute Gasteiger partial charge is 0.383 e. The molecule has 1 amide bonds. The molecule has 19 heavy (non-hydrogen) atoms. The molecular weight excluding hydrogens is 264 g/mol. The van der Waals surface area contributed by atoms with Crippen LogP contribution in [0.3, 0.4) is 0 Å². The highest BCUT2D eigenvalue weighted by atomic mass is 35.5. The summed E-state index contributed by atoms with van der Waals surface area (Å²) in [5.41, 5.74) is 6.66. The number of para-hydroxylation sites is 1. The van der Waals surface area contributed by atoms with Crippen LogP contribution in [0, 0.1) is 5.92 Å². The Kier molecular flexibility index (Phi) is 2.98. The topological polar surface area (TPSA) is 72.1 Å². The van der Waals surface area contributed by atoms with E-state index in [1.54, 1.807) is 4.90 Å². The van der Waals surface area contributed by atoms with Crippen LogP contribution in [0.1, 0.15) is 6.42 Å². The second kappa shape index (κ2) is 4.66. The number of halogens is 1. The standard InChI is InChI=1S/C13H13ClN4O/c14-6-8-5-11(19)18(7-8)13-16-10-4-2-1-3-9(10)12(15)17-13/h1-4,8H,5-7H2,(H2,15,16,17). The number of nitrogen functional groups attached to an aromatic ring is 1. The molecule has 1 saturated heterocycles. The number of hydrogen-bond donors (Lipinski definition) is 1. The summed E-state index contributed by atoms with van der Waals surface area (Å²) in [6.45, 7) is 0.556. The van der Waals surface area contributed by atoms with Crippen molar-refractivity contribution in [2.75, 3.05) is 23.1 Å². The van der Waals surface area contributed by atoms with Gasteiger partial charge in [0.05, 0.1) is 5.52 Å². The molecule has 3 rings (SSSR count). The first-order chi connectivity index (χ1) is 9.19. The van der Waals surface area contributed by atoms with Crippen LogP contribution in [0.2, 0.25) is 0 Å². The maximum absolute atomic E-state index is 11.9. The Labute approximate surface area is 115 Å². The number of fused-ring (bicyclic) bond motifs is 1. The van der Waals surface area contributed by atoms with Crippen molar-refractivity contribution in [3.05, 3.63) is 24.3 Å². The summed E-state index contributed by atoms with van der Waals surface area (Å²) in [6, 6.07) is 7.48. The highest BCUT2D eigenvalue weighted by Crippen LogP contribution is 2.26. The average Bonchev–Trinajstić information content (AvgIpc) is 2.80. The van der Waals surface area contributed by atoms with Crippen molar-refractivity contribution in [2.24, 2.45) is 5.92 Å². The highest BCUT2D eigenvalue weighted by Gasteiger charge is 2.31. The van der Waals surface area contributed by atoms with Gasteiger partial charge in [-0.3, -0.25) is 9.69 Å². The summed E-state index contributed by atoms with van der Waals surface area (Å²) in [5, 5.41) is 0.798. The molecule has 0 bridgehead atoms. The van der Waals surface area contributed by atoms with E-state index in [9.17, 15) is 4.79 Å². The van der Waals surface area contributed by atoms with E-state index >= 15 is 0 Å². The van der Waals surface area contributed by atoms with Crippen molar-refractivity contribution in [2.45, 2.75) is 6.42 Å². The minimum Gasteiger partial charge on any atom is -0.383 e. The van der Waals surface area contributed by atoms with Gasteiger partial charge in [-0.25, -0.2) is 4.98 Å². The quantitative estimate of drug-likeness (QED) is 0.849. The number of hydrogen-bond acceptors (Lipinski definition) is 4. The fourth-order valence-electron chi connectivity index (χ4n) is 2.29. The highest BCUT2D eigenvalue weighted by molar-refractivity contribution is 6.18. The molecule has 1 aromatic carbocycles. The molecule has 2 aromatic rings. The van der Waals surface area contributed by atoms with Gasteiger partial charge >= 0.3 is 0 Å². The lowest BCUT2D eigenvalue weighted by Gasteiger charge is -2.15. The predicted octanol–water partition coefficient (Wildman–Crippen LogP) is 1.80. The number of anilines is 2. The Bertz CT molecular complexity index is 646. The molecular formula is C13H13ClN4O. The molecule has 1 aliphatic rings. The van der Waals surface area contributed by atoms with Gasteiger partial charge in [-0.2, -0.15) is 4.98 Å². The number of benzene rings is 1. The molecule has 5 nitrogen and oxygen atoms in total. The van der Waals surface area contributed by atoms with E-state index < -0.39 is 0 Å². The van der Waals surface area contributed by atoms with Crippen LogP contribution in [0.25, 0.3) is 10.9 Å². The van der Waals surface area contributed by atoms with Gasteiger partial charge in [-0.15, -0.1) is 11.6 Å². The maximum atomic E-state index is 11.9. The summed E-state index contributed by atoms with van der Waals surface area (Å²) in [4.78, 5) is 22.1. The van der Waals surface area contributed by atoms with Crippen molar-refractivity contribution < 1.29 is 4.79 Å². The lowest BCUT2D eigenvalue weighted by Crippen LogP contribution is -2.27. The van der Waals surface area contributed by atoms with Gasteiger partial charge in [0.2, 0.25) is 11.9 Å². The smallest absolute Gasteiger partial charge is 0.234 e. The molecule has 2 heterocycles. The van der Waals surface area contributed by atoms with E-state index in [0.717, 1.165) is 10.9 Å². The number of carbonyl (C=O) groups is 1. The zero-order chi connectivity index (χ0) is 13.4. The SMILES string of the molecule is Nc1nc(N2CC(CCl)CC2=O)nc2ccccc12. The average molecular weight is 277 g/mol. The van der Waals surface area contributed by atoms with Gasteiger partial charge in [0.1, 0.15) is 5.82 Å². The first-order valence-corrected chi connectivity index (χ1v) is 6.61. The van der Waals surface area contributed by atoms with Crippen molar-refractivity contribution >= 4 is 40.2 Å². The Morgan fingerprint density at radius 2 is 2.16 bits per heavy atom. The minimum atomic E-state index is 0.000307. The van der Waals surface area contributed by atoms with Crippen LogP contribution < -0.4 is 10.6 Å². The third-order valence-corrected chi connectivity index (χ3v) is 3.72. The number of rotatable bonds is 2. The lowest BCUT2D eigenvalue weighted by molar-refractivity contribution is -0.117. The van der Waals surface area contributed by atoms with Crippen molar-refractivity contribution in [1.82, 2.24) is 9.97 Å². The van der Waals surface area contributed by atoms with Crippen LogP contribution >= 0.6 is 11.6 Å². The Morgan fingerprint density at radius 3 is 2.89 bits per heavy atom. The van der Waals surface area contributed by atoms with Gasteiger partial charge in [-0.05, 0) is 18.1 Å². The second-order valence-corrected chi connectivity index (χ2v) is 4.96. The molecule has 1 aromatic heterocycles. The molecule has 0 spiro atoms. The zero-order valence-electron chi connectivity index (χ0n) is 10.2. The molecule has 2 N–H and O–H groups in total. The zero-order valence-corrected chi connectivity index (χ0v) is 11.0. The van der Waals surface area contributed by atoms with Crippen molar-refractivity contribution in [3.8, 4) is 0 Å². The van der Waals surface area contributed by atoms with Crippen LogP contribution in [-0.4, -0.2) is 28.3 Å². The molecule has 1 atom stereocenters. The summed E-state index contributed by atoms with van der Waals surface area (Å²) < 4.78 is 0. The monoisotopic (exact) mass is 276 g/mol. The van der Waals surface area contributed by atoms with Gasteiger partial charge in [0.15, 0.2) is 0 Å². The number of nitrogens with zero attached hydrogens (tertiary/aromatic N) is 3. The molecule has 6 heteroatoms. The maximum Gasteiger partial charge on any atom is 0.234 e. The van der Waals surface area contributed by atoms with E-state index in [2.05, 4.69) is 9.97 Å². The van der Waals surface area contributed by atoms with Gasteiger partial charge in [-0.1, -0.05) is 12.1 Å². The van der Waals surface area contributed by atoms with Crippen molar-refractivity contribution in [1.29, 1.82) is 0 Å². The minimum absolute atomic E-state index is 0.000307. The summed E-state index contributed by atoms with van der Waals surface area (Å²) in [5.74, 6) is 1.38. The normalized spacial score (nSPS) is 19.3. The third-order valence-electron chi connectivity index (χ3n) is 3.29. The van der Waals surface area contributed by atoms with Gasteiger partial charge in [0.25, 0.3) is 0 Å². The lowest BCUT2D eigenvalue weighted by atomic mass is 10.2. The first-order valence-electron chi connectivity index (χ1n) is 6.07. The fourth-order valence-corrected chi connectivity index (χ4v) is 2.49. The third kappa shape index (κ3) is 2.10. The Hall–Kier alpha value is -1.88. The molecule has 0 aliphatic carbocycles. The Balaban J connectivity index is 2.04. The van der Waals surface area contributed by atoms with E-state index in [1.165, 1.54) is 0 Å². The Morgan fingerprint density at radius 1 is 1.37 bits per heavy atom. The molecule has 0 saturated carbocycles. The molecule has 98 valence electrons. The number of carbonyl (C=O) groups excluding carboxylic acids is 1. The molecule has 1 fully saturated rings. The molecule has 1 unspecified atom stereocenters. The van der Waals surface area contributed by atoms with Gasteiger partial charge < -0.3 is 5.73 Å². The predicted molar refractivity (Wildman–Crippen MR) is 75.1 cm³/mol. The summed E-state index contributed by atoms with van der Waals surface area (Å²) in [6.07, 6.45) is 0.444. The van der Waals surface area contributed by atoms with E-state index in [4.69, 9.17) is 17.3 Å². The fraction of sp³-hybridized carbons (Fsp3) is 0.308.